The molecule has 0 aliphatic rings. The van der Waals surface area contributed by atoms with Gasteiger partial charge < -0.3 is 15.0 Å². The number of ether oxygens (including phenoxy) is 1. The van der Waals surface area contributed by atoms with Crippen LogP contribution in [0.25, 0.3) is 0 Å². The first-order valence-electron chi connectivity index (χ1n) is 15.4. The molecule has 46 heavy (non-hydrogen) atoms. The first-order valence-corrected chi connectivity index (χ1v) is 17.2. The molecule has 1 atom stereocenters. The number of carbonyl (C=O) groups is 2. The Morgan fingerprint density at radius 3 is 2.15 bits per heavy atom. The number of hydrogen-bond acceptors (Lipinski definition) is 5. The Hall–Kier alpha value is -4.34. The van der Waals surface area contributed by atoms with Crippen LogP contribution >= 0.6 is 11.6 Å². The van der Waals surface area contributed by atoms with E-state index in [4.69, 9.17) is 16.3 Å². The molecule has 4 aromatic rings. The van der Waals surface area contributed by atoms with Gasteiger partial charge in [0.15, 0.2) is 0 Å². The summed E-state index contributed by atoms with van der Waals surface area (Å²) in [5, 5.41) is 3.42. The molecule has 10 heteroatoms. The number of carbonyl (C=O) groups excluding carboxylic acids is 2. The number of halogens is 1. The van der Waals surface area contributed by atoms with Crippen molar-refractivity contribution < 1.29 is 22.7 Å². The summed E-state index contributed by atoms with van der Waals surface area (Å²) < 4.78 is 35.3. The van der Waals surface area contributed by atoms with E-state index < -0.39 is 28.5 Å². The van der Waals surface area contributed by atoms with Gasteiger partial charge in [-0.3, -0.25) is 13.9 Å². The van der Waals surface area contributed by atoms with Gasteiger partial charge in [-0.05, 0) is 54.8 Å². The lowest BCUT2D eigenvalue weighted by Gasteiger charge is -2.34. The van der Waals surface area contributed by atoms with E-state index in [0.29, 0.717) is 29.5 Å². The molecule has 1 N–H and O–H groups in total. The molecule has 2 amide bonds. The van der Waals surface area contributed by atoms with Crippen molar-refractivity contribution in [1.29, 1.82) is 0 Å². The van der Waals surface area contributed by atoms with Gasteiger partial charge >= 0.3 is 0 Å². The molecule has 0 heterocycles. The molecule has 4 aromatic carbocycles. The second-order valence-electron chi connectivity index (χ2n) is 10.7. The summed E-state index contributed by atoms with van der Waals surface area (Å²) in [6.45, 7) is 3.98. The third-order valence-electron chi connectivity index (χ3n) is 7.44. The SMILES string of the molecule is CCCCNC(=O)[C@@H](Cc1ccccc1)N(Cc1ccccc1Cl)C(=O)CN(c1ccccc1OCC)S(=O)(=O)c1ccccc1. The van der Waals surface area contributed by atoms with Gasteiger partial charge in [0.05, 0.1) is 17.2 Å². The molecule has 0 spiro atoms. The van der Waals surface area contributed by atoms with E-state index in [0.717, 1.165) is 22.7 Å². The minimum Gasteiger partial charge on any atom is -0.492 e. The highest BCUT2D eigenvalue weighted by molar-refractivity contribution is 7.92. The molecule has 0 bridgehead atoms. The monoisotopic (exact) mass is 661 g/mol. The molecular formula is C36H40ClN3O5S. The lowest BCUT2D eigenvalue weighted by molar-refractivity contribution is -0.140. The van der Waals surface area contributed by atoms with Gasteiger partial charge in [-0.25, -0.2) is 8.42 Å². The zero-order valence-electron chi connectivity index (χ0n) is 26.1. The molecule has 242 valence electrons. The van der Waals surface area contributed by atoms with E-state index in [1.807, 2.05) is 43.3 Å². The van der Waals surface area contributed by atoms with Crippen molar-refractivity contribution in [1.82, 2.24) is 10.2 Å². The highest BCUT2D eigenvalue weighted by atomic mass is 35.5. The fraction of sp³-hybridized carbons (Fsp3) is 0.278. The van der Waals surface area contributed by atoms with Crippen LogP contribution in [0.5, 0.6) is 5.75 Å². The smallest absolute Gasteiger partial charge is 0.264 e. The summed E-state index contributed by atoms with van der Waals surface area (Å²) >= 11 is 6.57. The number of unbranched alkanes of at least 4 members (excludes halogenated alkanes) is 1. The topological polar surface area (TPSA) is 96.0 Å². The van der Waals surface area contributed by atoms with Crippen LogP contribution in [0.3, 0.4) is 0 Å². The molecule has 0 fully saturated rings. The largest absolute Gasteiger partial charge is 0.492 e. The molecular weight excluding hydrogens is 622 g/mol. The van der Waals surface area contributed by atoms with Crippen molar-refractivity contribution in [2.75, 3.05) is 24.0 Å². The van der Waals surface area contributed by atoms with Gasteiger partial charge in [0, 0.05) is 24.5 Å². The Morgan fingerprint density at radius 2 is 1.48 bits per heavy atom. The summed E-state index contributed by atoms with van der Waals surface area (Å²) in [6, 6.07) is 30.2. The molecule has 0 saturated heterocycles. The molecule has 0 aromatic heterocycles. The van der Waals surface area contributed by atoms with E-state index in [2.05, 4.69) is 5.32 Å². The minimum absolute atomic E-state index is 0.0104. The number of sulfonamides is 1. The second-order valence-corrected chi connectivity index (χ2v) is 13.0. The average Bonchev–Trinajstić information content (AvgIpc) is 3.07. The normalized spacial score (nSPS) is 11.8. The van der Waals surface area contributed by atoms with Gasteiger partial charge in [0.2, 0.25) is 11.8 Å². The number of para-hydroxylation sites is 2. The number of nitrogens with zero attached hydrogens (tertiary/aromatic N) is 2. The van der Waals surface area contributed by atoms with Crippen LogP contribution in [0, 0.1) is 0 Å². The molecule has 0 unspecified atom stereocenters. The fourth-order valence-electron chi connectivity index (χ4n) is 5.04. The van der Waals surface area contributed by atoms with Crippen molar-refractivity contribution in [2.45, 2.75) is 50.6 Å². The van der Waals surface area contributed by atoms with Crippen LogP contribution in [0.2, 0.25) is 5.02 Å². The third kappa shape index (κ3) is 8.89. The van der Waals surface area contributed by atoms with Gasteiger partial charge in [0.25, 0.3) is 10.0 Å². The van der Waals surface area contributed by atoms with Crippen molar-refractivity contribution in [3.8, 4) is 5.75 Å². The zero-order chi connectivity index (χ0) is 32.9. The van der Waals surface area contributed by atoms with Crippen molar-refractivity contribution in [3.63, 3.8) is 0 Å². The van der Waals surface area contributed by atoms with E-state index in [-0.39, 0.29) is 29.5 Å². The average molecular weight is 662 g/mol. The molecule has 0 radical (unpaired) electrons. The van der Waals surface area contributed by atoms with Crippen molar-refractivity contribution in [3.05, 3.63) is 125 Å². The van der Waals surface area contributed by atoms with Crippen LogP contribution in [-0.4, -0.2) is 50.9 Å². The maximum Gasteiger partial charge on any atom is 0.264 e. The number of nitrogens with one attached hydrogen (secondary N) is 1. The summed E-state index contributed by atoms with van der Waals surface area (Å²) in [5.41, 5.74) is 1.70. The molecule has 0 saturated carbocycles. The van der Waals surface area contributed by atoms with E-state index in [9.17, 15) is 18.0 Å². The van der Waals surface area contributed by atoms with Gasteiger partial charge in [0.1, 0.15) is 18.3 Å². The standard InChI is InChI=1S/C36H40ClN3O5S/c1-3-5-24-38-36(42)33(25-28-16-8-6-9-17-28)39(26-29-18-12-13-21-31(29)37)35(41)27-40(32-22-14-15-23-34(32)45-4-2)46(43,44)30-19-10-7-11-20-30/h6-23,33H,3-5,24-27H2,1-2H3,(H,38,42)/t33-/m1/s1. The highest BCUT2D eigenvalue weighted by Gasteiger charge is 2.35. The zero-order valence-corrected chi connectivity index (χ0v) is 27.7. The van der Waals surface area contributed by atoms with Gasteiger partial charge in [-0.1, -0.05) is 104 Å². The summed E-state index contributed by atoms with van der Waals surface area (Å²) in [6.07, 6.45) is 1.88. The number of amides is 2. The van der Waals surface area contributed by atoms with E-state index in [1.165, 1.54) is 17.0 Å². The fourth-order valence-corrected chi connectivity index (χ4v) is 6.69. The Kier molecular flexibility index (Phi) is 12.6. The number of rotatable bonds is 16. The Bertz CT molecular complexity index is 1690. The minimum atomic E-state index is -4.25. The Balaban J connectivity index is 1.82. The number of anilines is 1. The Morgan fingerprint density at radius 1 is 0.848 bits per heavy atom. The van der Waals surface area contributed by atoms with Gasteiger partial charge in [-0.15, -0.1) is 0 Å². The maximum atomic E-state index is 14.6. The molecule has 4 rings (SSSR count). The predicted octanol–water partition coefficient (Wildman–Crippen LogP) is 6.49. The van der Waals surface area contributed by atoms with Crippen molar-refractivity contribution in [2.24, 2.45) is 0 Å². The first kappa shape index (κ1) is 34.5. The second kappa shape index (κ2) is 16.8. The summed E-state index contributed by atoms with van der Waals surface area (Å²) in [5.74, 6) is -0.588. The molecule has 0 aliphatic carbocycles. The molecule has 8 nitrogen and oxygen atoms in total. The van der Waals surface area contributed by atoms with Crippen LogP contribution < -0.4 is 14.4 Å². The maximum absolute atomic E-state index is 14.6. The highest BCUT2D eigenvalue weighted by Crippen LogP contribution is 2.33. The van der Waals surface area contributed by atoms with Gasteiger partial charge in [-0.2, -0.15) is 0 Å². The van der Waals surface area contributed by atoms with E-state index >= 15 is 0 Å². The lowest BCUT2D eigenvalue weighted by Crippen LogP contribution is -2.53. The van der Waals surface area contributed by atoms with Crippen LogP contribution in [-0.2, 0) is 32.6 Å². The summed E-state index contributed by atoms with van der Waals surface area (Å²) in [7, 11) is -4.25. The predicted molar refractivity (Wildman–Crippen MR) is 182 cm³/mol. The summed E-state index contributed by atoms with van der Waals surface area (Å²) in [4.78, 5) is 29.9. The van der Waals surface area contributed by atoms with Crippen LogP contribution in [0.1, 0.15) is 37.8 Å². The van der Waals surface area contributed by atoms with Crippen molar-refractivity contribution >= 4 is 39.1 Å². The first-order chi connectivity index (χ1) is 22.3. The van der Waals surface area contributed by atoms with Crippen LogP contribution in [0.15, 0.2) is 114 Å². The lowest BCUT2D eigenvalue weighted by atomic mass is 10.0. The quantitative estimate of drug-likeness (QED) is 0.139. The number of benzene rings is 4. The van der Waals surface area contributed by atoms with E-state index in [1.54, 1.807) is 67.6 Å². The Labute approximate surface area is 277 Å². The molecule has 0 aliphatic heterocycles. The van der Waals surface area contributed by atoms with Crippen LogP contribution in [0.4, 0.5) is 5.69 Å². The number of hydrogen-bond donors (Lipinski definition) is 1. The third-order valence-corrected chi connectivity index (χ3v) is 9.59.